The minimum atomic E-state index is -0.717. The molecule has 0 aromatic carbocycles. The summed E-state index contributed by atoms with van der Waals surface area (Å²) >= 11 is 0. The highest BCUT2D eigenvalue weighted by Gasteiger charge is 1.84. The number of nitrogens with one attached hydrogen (secondary N) is 2. The minimum Gasteiger partial charge on any atom is -0.350 e. The number of hydrogen-bond donors (Lipinski definition) is 4. The Bertz CT molecular complexity index is 223. The Balaban J connectivity index is 3.37. The average Bonchev–Trinajstić information content (AvgIpc) is 2.08. The van der Waals surface area contributed by atoms with Crippen molar-refractivity contribution >= 4 is 24.5 Å². The van der Waals surface area contributed by atoms with Crippen LogP contribution in [0.2, 0.25) is 0 Å². The van der Waals surface area contributed by atoms with Crippen LogP contribution in [-0.2, 0) is 0 Å². The van der Waals surface area contributed by atoms with E-state index in [0.717, 1.165) is 0 Å². The highest BCUT2D eigenvalue weighted by molar-refractivity contribution is 5.74. The van der Waals surface area contributed by atoms with Crippen molar-refractivity contribution in [3.63, 3.8) is 0 Å². The molecule has 0 unspecified atom stereocenters. The van der Waals surface area contributed by atoms with E-state index in [-0.39, 0.29) is 0 Å². The number of amides is 4. The Morgan fingerprint density at radius 1 is 1.00 bits per heavy atom. The molecule has 0 saturated carbocycles. The summed E-state index contributed by atoms with van der Waals surface area (Å²) in [5.74, 6) is 0. The summed E-state index contributed by atoms with van der Waals surface area (Å²) in [5.41, 5.74) is 13.5. The Labute approximate surface area is 80.4 Å². The number of primary amides is 2. The highest BCUT2D eigenvalue weighted by Crippen LogP contribution is 1.79. The molecule has 0 spiro atoms. The van der Waals surface area contributed by atoms with Gasteiger partial charge in [-0.05, 0) is 12.8 Å². The monoisotopic (exact) mass is 200 g/mol. The number of unbranched alkanes of at least 4 members (excludes halogenated alkanes) is 1. The quantitative estimate of drug-likeness (QED) is 0.259. The van der Waals surface area contributed by atoms with E-state index in [1.807, 2.05) is 10.9 Å². The molecule has 0 heterocycles. The van der Waals surface area contributed by atoms with Gasteiger partial charge in [0.25, 0.3) is 0 Å². The van der Waals surface area contributed by atoms with Crippen molar-refractivity contribution in [2.75, 3.05) is 0 Å². The summed E-state index contributed by atoms with van der Waals surface area (Å²) in [6.45, 7) is 0. The van der Waals surface area contributed by atoms with Gasteiger partial charge < -0.3 is 11.5 Å². The predicted octanol–water partition coefficient (Wildman–Crippen LogP) is -0.925. The Morgan fingerprint density at radius 2 is 1.36 bits per heavy atom. The third kappa shape index (κ3) is 9.88. The first kappa shape index (κ1) is 11.9. The van der Waals surface area contributed by atoms with Crippen molar-refractivity contribution < 1.29 is 9.59 Å². The SMILES string of the molecule is NC(=O)N/N=C\CC/C=N\NC(N)=O. The van der Waals surface area contributed by atoms with Crippen molar-refractivity contribution in [3.05, 3.63) is 0 Å². The molecular formula is C6H12N6O2. The molecule has 78 valence electrons. The summed E-state index contributed by atoms with van der Waals surface area (Å²) in [4.78, 5) is 20.2. The van der Waals surface area contributed by atoms with Gasteiger partial charge in [0.05, 0.1) is 0 Å². The molecule has 0 aliphatic carbocycles. The van der Waals surface area contributed by atoms with Gasteiger partial charge in [0, 0.05) is 12.4 Å². The van der Waals surface area contributed by atoms with Gasteiger partial charge in [-0.2, -0.15) is 10.2 Å². The molecular weight excluding hydrogens is 188 g/mol. The van der Waals surface area contributed by atoms with Crippen LogP contribution in [0.5, 0.6) is 0 Å². The van der Waals surface area contributed by atoms with E-state index in [1.54, 1.807) is 0 Å². The number of nitrogens with two attached hydrogens (primary N) is 2. The molecule has 0 saturated heterocycles. The normalized spacial score (nSPS) is 10.6. The van der Waals surface area contributed by atoms with E-state index in [4.69, 9.17) is 11.5 Å². The summed E-state index contributed by atoms with van der Waals surface area (Å²) < 4.78 is 0. The fourth-order valence-electron chi connectivity index (χ4n) is 0.497. The van der Waals surface area contributed by atoms with Gasteiger partial charge in [0.1, 0.15) is 0 Å². The number of urea groups is 2. The average molecular weight is 200 g/mol. The van der Waals surface area contributed by atoms with E-state index >= 15 is 0 Å². The largest absolute Gasteiger partial charge is 0.350 e. The van der Waals surface area contributed by atoms with E-state index in [1.165, 1.54) is 12.4 Å². The molecule has 0 atom stereocenters. The summed E-state index contributed by atoms with van der Waals surface area (Å²) in [7, 11) is 0. The van der Waals surface area contributed by atoms with E-state index < -0.39 is 12.1 Å². The van der Waals surface area contributed by atoms with Crippen molar-refractivity contribution in [1.82, 2.24) is 10.9 Å². The van der Waals surface area contributed by atoms with Gasteiger partial charge >= 0.3 is 12.1 Å². The fraction of sp³-hybridized carbons (Fsp3) is 0.333. The first-order valence-electron chi connectivity index (χ1n) is 3.77. The second kappa shape index (κ2) is 7.53. The highest BCUT2D eigenvalue weighted by atomic mass is 16.2. The molecule has 0 aliphatic rings. The molecule has 0 rings (SSSR count). The van der Waals surface area contributed by atoms with Crippen molar-refractivity contribution in [2.45, 2.75) is 12.8 Å². The zero-order valence-corrected chi connectivity index (χ0v) is 7.43. The number of hydrazone groups is 2. The van der Waals surface area contributed by atoms with Crippen LogP contribution in [0.15, 0.2) is 10.2 Å². The van der Waals surface area contributed by atoms with Crippen LogP contribution in [0.3, 0.4) is 0 Å². The minimum absolute atomic E-state index is 0.560. The second-order valence-corrected chi connectivity index (χ2v) is 2.15. The number of carbonyl (C=O) groups is 2. The van der Waals surface area contributed by atoms with Gasteiger partial charge in [-0.15, -0.1) is 0 Å². The van der Waals surface area contributed by atoms with E-state index in [2.05, 4.69) is 10.2 Å². The van der Waals surface area contributed by atoms with Gasteiger partial charge in [-0.1, -0.05) is 0 Å². The molecule has 0 radical (unpaired) electrons. The maximum absolute atomic E-state index is 10.1. The Hall–Kier alpha value is -2.12. The van der Waals surface area contributed by atoms with E-state index in [0.29, 0.717) is 12.8 Å². The standard InChI is InChI=1S/C6H12N6O2/c7-5(13)11-9-3-1-2-4-10-12-6(8)14/h3-4H,1-2H2,(H3,7,11,13)(H3,8,12,14)/b9-3-,10-4-. The molecule has 0 aliphatic heterocycles. The van der Waals surface area contributed by atoms with Crippen LogP contribution < -0.4 is 22.3 Å². The van der Waals surface area contributed by atoms with Crippen LogP contribution in [0.25, 0.3) is 0 Å². The number of nitrogens with zero attached hydrogens (tertiary/aromatic N) is 2. The number of carbonyl (C=O) groups excluding carboxylic acids is 2. The summed E-state index contributed by atoms with van der Waals surface area (Å²) in [6, 6.07) is -1.43. The molecule has 14 heavy (non-hydrogen) atoms. The summed E-state index contributed by atoms with van der Waals surface area (Å²) in [6.07, 6.45) is 4.04. The topological polar surface area (TPSA) is 135 Å². The zero-order chi connectivity index (χ0) is 10.8. The van der Waals surface area contributed by atoms with Crippen molar-refractivity contribution in [3.8, 4) is 0 Å². The van der Waals surface area contributed by atoms with Gasteiger partial charge in [0.15, 0.2) is 0 Å². The van der Waals surface area contributed by atoms with Crippen molar-refractivity contribution in [2.24, 2.45) is 21.7 Å². The smallest absolute Gasteiger partial charge is 0.332 e. The first-order valence-corrected chi connectivity index (χ1v) is 3.77. The first-order chi connectivity index (χ1) is 6.63. The van der Waals surface area contributed by atoms with E-state index in [9.17, 15) is 9.59 Å². The van der Waals surface area contributed by atoms with Crippen LogP contribution in [-0.4, -0.2) is 24.5 Å². The maximum Gasteiger partial charge on any atom is 0.332 e. The molecule has 8 nitrogen and oxygen atoms in total. The Morgan fingerprint density at radius 3 is 1.64 bits per heavy atom. The zero-order valence-electron chi connectivity index (χ0n) is 7.43. The van der Waals surface area contributed by atoms with Crippen LogP contribution in [0.4, 0.5) is 9.59 Å². The van der Waals surface area contributed by atoms with Crippen LogP contribution in [0.1, 0.15) is 12.8 Å². The second-order valence-electron chi connectivity index (χ2n) is 2.15. The molecule has 6 N–H and O–H groups in total. The fourth-order valence-corrected chi connectivity index (χ4v) is 0.497. The predicted molar refractivity (Wildman–Crippen MR) is 51.7 cm³/mol. The molecule has 0 aromatic rings. The molecule has 0 bridgehead atoms. The third-order valence-corrected chi connectivity index (χ3v) is 0.957. The third-order valence-electron chi connectivity index (χ3n) is 0.957. The molecule has 8 heteroatoms. The number of hydrogen-bond acceptors (Lipinski definition) is 4. The molecule has 4 amide bonds. The lowest BCUT2D eigenvalue weighted by Crippen LogP contribution is -2.24. The van der Waals surface area contributed by atoms with Gasteiger partial charge in [-0.25, -0.2) is 20.4 Å². The van der Waals surface area contributed by atoms with Gasteiger partial charge in [0.2, 0.25) is 0 Å². The Kier molecular flexibility index (Phi) is 6.39. The van der Waals surface area contributed by atoms with Crippen LogP contribution >= 0.6 is 0 Å². The lowest BCUT2D eigenvalue weighted by atomic mass is 10.3. The molecule has 0 fully saturated rings. The van der Waals surface area contributed by atoms with Crippen molar-refractivity contribution in [1.29, 1.82) is 0 Å². The summed E-state index contributed by atoms with van der Waals surface area (Å²) in [5, 5.41) is 6.96. The van der Waals surface area contributed by atoms with Gasteiger partial charge in [-0.3, -0.25) is 0 Å². The maximum atomic E-state index is 10.1. The lowest BCUT2D eigenvalue weighted by molar-refractivity contribution is 0.248. The number of rotatable bonds is 5. The van der Waals surface area contributed by atoms with Crippen LogP contribution in [0, 0.1) is 0 Å². The lowest BCUT2D eigenvalue weighted by Gasteiger charge is -1.90. The molecule has 0 aromatic heterocycles.